The quantitative estimate of drug-likeness (QED) is 0.0507. The monoisotopic (exact) mass is 2860 g/mol. The topological polar surface area (TPSA) is 227 Å². The third kappa shape index (κ3) is 35.5. The van der Waals surface area contributed by atoms with Crippen LogP contribution in [0.15, 0.2) is 430 Å². The van der Waals surface area contributed by atoms with Gasteiger partial charge in [0.15, 0.2) is 23.1 Å². The van der Waals surface area contributed by atoms with Crippen molar-refractivity contribution in [2.45, 2.75) is 81.6 Å². The van der Waals surface area contributed by atoms with Gasteiger partial charge in [0.1, 0.15) is 0 Å². The predicted octanol–water partition coefficient (Wildman–Crippen LogP) is 31.5. The molecule has 148 heavy (non-hydrogen) atoms. The number of benzene rings is 13. The summed E-state index contributed by atoms with van der Waals surface area (Å²) in [7, 11) is 0. The van der Waals surface area contributed by atoms with E-state index < -0.39 is 11.6 Å². The average Bonchev–Trinajstić information content (AvgIpc) is 1.58. The van der Waals surface area contributed by atoms with Crippen molar-refractivity contribution >= 4 is 87.9 Å². The first kappa shape index (κ1) is 121. The van der Waals surface area contributed by atoms with Crippen LogP contribution in [0, 0.1) is 55.0 Å². The number of ketones is 4. The first-order chi connectivity index (χ1) is 69.0. The fraction of sp³-hybridized carbons (Fsp3) is 0.0952. The fourth-order valence-corrected chi connectivity index (χ4v) is 16.4. The number of carbonyl (C=O) groups excluding carboxylic acids is 4. The van der Waals surface area contributed by atoms with E-state index in [2.05, 4.69) is 228 Å². The van der Waals surface area contributed by atoms with E-state index in [9.17, 15) is 28.0 Å². The van der Waals surface area contributed by atoms with E-state index in [4.69, 9.17) is 25.4 Å². The number of aliphatic hydroxyl groups excluding tert-OH is 4. The second kappa shape index (κ2) is 60.7. The Morgan fingerprint density at radius 1 is 0.345 bits per heavy atom. The number of hydrogen-bond acceptors (Lipinski definition) is 15. The number of aliphatic hydroxyl groups is 4. The maximum atomic E-state index is 14.2. The Labute approximate surface area is 934 Å². The summed E-state index contributed by atoms with van der Waals surface area (Å²) in [4.78, 5) is 68.2. The van der Waals surface area contributed by atoms with Crippen molar-refractivity contribution in [2.75, 3.05) is 0 Å². The second-order valence-electron chi connectivity index (χ2n) is 33.4. The number of halogens is 2. The van der Waals surface area contributed by atoms with E-state index >= 15 is 0 Å². The van der Waals surface area contributed by atoms with E-state index in [0.29, 0.717) is 5.69 Å². The van der Waals surface area contributed by atoms with E-state index in [1.54, 1.807) is 17.5 Å². The standard InChI is InChI=1S/C24H18N.C22H16N.C21H12F2N.C15H10N.C13H8NS.C11H8N.4C5H8O2.5Ir/c1-24(2)21-10-6-5-9-19(21)20-12-11-17(13-22(20)24)23-14-16-7-3-4-8-18(16)15-25-23;1-16-9-5-6-12-18(16)22-15-20(17-10-3-2-4-11-17)19-13-7-8-14-21(19)23-22;22-15-10-11-17(19(23)12-15)21-13-18(14-6-2-1-3-7-14)16-8-4-5-9-20(16)24-21;1-2-7-13(8-3-1)15-14-9-5-4-6-12(14)10-11-16-15;1-2-7-12-10(5-1)9-13(15-12)11-6-3-4-8-14-11;1-2-6-10(7-3-1)11-8-4-5-9-12-11;4*1-4(6)3-5(2)7;;;;;/h3-10,12-15H,1-2H3;2-11,13-15H,1H3;1-10,12-13H;1-7,9-11H;1-8H;1-6,8-9H;4*3,6H,1-2H3;;;;;/q6*-1;;;;;;;;;. The third-order valence-electron chi connectivity index (χ3n) is 21.6. The Kier molecular flexibility index (Phi) is 49.5. The van der Waals surface area contributed by atoms with Crippen LogP contribution < -0.4 is 0 Å². The number of para-hydroxylation sites is 2. The van der Waals surface area contributed by atoms with Crippen molar-refractivity contribution in [3.8, 4) is 100 Å². The number of rotatable bonds is 12. The van der Waals surface area contributed by atoms with Crippen LogP contribution >= 0.6 is 11.3 Å². The molecule has 21 rings (SSSR count). The van der Waals surface area contributed by atoms with Gasteiger partial charge in [-0.1, -0.05) is 268 Å². The normalized spacial score (nSPS) is 11.0. The molecule has 0 amide bonds. The van der Waals surface area contributed by atoms with Crippen LogP contribution in [0.4, 0.5) is 8.78 Å². The molecular formula is C126H104F2Ir5N6O8S-6. The van der Waals surface area contributed by atoms with Gasteiger partial charge >= 0.3 is 0 Å². The van der Waals surface area contributed by atoms with Crippen molar-refractivity contribution < 1.29 is 149 Å². The molecular weight excluding hydrogens is 2760 g/mol. The van der Waals surface area contributed by atoms with Crippen molar-refractivity contribution in [1.82, 2.24) is 29.9 Å². The number of allylic oxidation sites excluding steroid dienone is 8. The number of thiophene rings is 1. The molecule has 0 atom stereocenters. The number of pyridine rings is 6. The minimum Gasteiger partial charge on any atom is -0.512 e. The van der Waals surface area contributed by atoms with E-state index in [1.165, 1.54) is 156 Å². The molecule has 7 heterocycles. The summed E-state index contributed by atoms with van der Waals surface area (Å²) >= 11 is 1.73. The fourth-order valence-electron chi connectivity index (χ4n) is 15.4. The minimum atomic E-state index is -0.670. The SMILES string of the molecule is CC(=O)C=C(C)O.CC(=O)C=C(C)O.CC(=O)C=C(C)O.CC(=O)C=C(C)O.CC1(C)c2ccccc2-c2c[c-]c(-c3cc4ccccc4cn3)cc21.Cc1ccc[c-]c1-c1cc(-c2ccccc2)c2ccccc2n1.Fc1c[c-]c(-c2cc(-c3ccccc3)c3ccccc3n2)c(F)c1.[Ir].[Ir].[Ir].[Ir].[Ir].[c-]1c(-c2ccccn2)sc2ccccc12.[c-]1ccccc1-c1ccccn1.[c-]1ccccc1-c1nccc2ccccc12. The summed E-state index contributed by atoms with van der Waals surface area (Å²) in [5, 5.41) is 41.5. The van der Waals surface area contributed by atoms with Gasteiger partial charge in [0.05, 0.1) is 34.1 Å². The smallest absolute Gasteiger partial charge is 0.155 e. The van der Waals surface area contributed by atoms with Gasteiger partial charge in [-0.15, -0.1) is 172 Å². The van der Waals surface area contributed by atoms with Gasteiger partial charge in [0.25, 0.3) is 0 Å². The van der Waals surface area contributed by atoms with Crippen molar-refractivity contribution in [3.63, 3.8) is 0 Å². The van der Waals surface area contributed by atoms with Crippen molar-refractivity contribution in [2.24, 2.45) is 0 Å². The minimum absolute atomic E-state index is 0. The molecule has 0 fully saturated rings. The van der Waals surface area contributed by atoms with Gasteiger partial charge in [-0.3, -0.25) is 37.9 Å². The second-order valence-corrected chi connectivity index (χ2v) is 34.5. The molecule has 14 nitrogen and oxygen atoms in total. The molecule has 4 N–H and O–H groups in total. The number of fused-ring (bicyclic) bond motifs is 8. The molecule has 0 bridgehead atoms. The zero-order valence-electron chi connectivity index (χ0n) is 82.6. The molecule has 0 saturated carbocycles. The number of nitrogens with zero attached hydrogens (tertiary/aromatic N) is 6. The van der Waals surface area contributed by atoms with Gasteiger partial charge in [0, 0.05) is 178 Å². The molecule has 0 spiro atoms. The first-order valence-corrected chi connectivity index (χ1v) is 46.7. The van der Waals surface area contributed by atoms with Crippen LogP contribution in [-0.4, -0.2) is 73.5 Å². The zero-order valence-corrected chi connectivity index (χ0v) is 95.4. The summed E-state index contributed by atoms with van der Waals surface area (Å²) in [6.07, 6.45) is 12.1. The van der Waals surface area contributed by atoms with Gasteiger partial charge in [-0.05, 0) is 179 Å². The zero-order chi connectivity index (χ0) is 102. The summed E-state index contributed by atoms with van der Waals surface area (Å²) in [6, 6.07) is 137. The Balaban J connectivity index is 0.000000229. The maximum absolute atomic E-state index is 14.2. The van der Waals surface area contributed by atoms with E-state index in [1.807, 2.05) is 219 Å². The average molecular weight is 2860 g/mol. The molecule has 13 aromatic carbocycles. The van der Waals surface area contributed by atoms with Crippen molar-refractivity contribution in [1.29, 1.82) is 0 Å². The molecule has 0 unspecified atom stereocenters. The van der Waals surface area contributed by atoms with Crippen LogP contribution in [-0.2, 0) is 125 Å². The Morgan fingerprint density at radius 2 is 0.811 bits per heavy atom. The van der Waals surface area contributed by atoms with Crippen LogP contribution in [0.2, 0.25) is 0 Å². The first-order valence-electron chi connectivity index (χ1n) is 45.8. The predicted molar refractivity (Wildman–Crippen MR) is 578 cm³/mol. The number of hydrogen-bond donors (Lipinski definition) is 4. The molecule has 1 aliphatic rings. The summed E-state index contributed by atoms with van der Waals surface area (Å²) in [5.74, 6) is -1.57. The number of carbonyl (C=O) groups is 4. The van der Waals surface area contributed by atoms with E-state index in [0.717, 1.165) is 95.3 Å². The van der Waals surface area contributed by atoms with Crippen molar-refractivity contribution in [3.05, 3.63) is 495 Å². The van der Waals surface area contributed by atoms with Crippen LogP contribution in [0.25, 0.3) is 154 Å². The third-order valence-corrected chi connectivity index (χ3v) is 22.7. The van der Waals surface area contributed by atoms with Gasteiger partial charge in [0.2, 0.25) is 0 Å². The van der Waals surface area contributed by atoms with Gasteiger partial charge in [-0.2, -0.15) is 0 Å². The molecule has 20 aromatic rings. The van der Waals surface area contributed by atoms with Crippen LogP contribution in [0.1, 0.15) is 85.9 Å². The molecule has 7 aromatic heterocycles. The molecule has 757 valence electrons. The number of aryl methyl sites for hydroxylation is 1. The maximum Gasteiger partial charge on any atom is 0.155 e. The largest absolute Gasteiger partial charge is 0.512 e. The summed E-state index contributed by atoms with van der Waals surface area (Å²) in [6.45, 7) is 18.1. The molecule has 1 aliphatic carbocycles. The number of aromatic nitrogens is 6. The molecule has 5 radical (unpaired) electrons. The Bertz CT molecular complexity index is 7700. The molecule has 0 saturated heterocycles. The van der Waals surface area contributed by atoms with Crippen LogP contribution in [0.3, 0.4) is 0 Å². The van der Waals surface area contributed by atoms with Gasteiger partial charge < -0.3 is 40.4 Å². The van der Waals surface area contributed by atoms with E-state index in [-0.39, 0.29) is 158 Å². The summed E-state index contributed by atoms with van der Waals surface area (Å²) in [5.41, 5.74) is 22.5. The Morgan fingerprint density at radius 3 is 1.32 bits per heavy atom. The molecule has 0 aliphatic heterocycles. The van der Waals surface area contributed by atoms with Gasteiger partial charge in [-0.25, -0.2) is 11.3 Å². The van der Waals surface area contributed by atoms with Crippen LogP contribution in [0.5, 0.6) is 0 Å². The Hall–Kier alpha value is -14.3. The summed E-state index contributed by atoms with van der Waals surface area (Å²) < 4.78 is 28.6. The molecule has 22 heteroatoms.